The van der Waals surface area contributed by atoms with Crippen LogP contribution in [0.3, 0.4) is 0 Å². The molecule has 52 heavy (non-hydrogen) atoms. The number of benzene rings is 7. The van der Waals surface area contributed by atoms with Gasteiger partial charge in [0.25, 0.3) is 0 Å². The summed E-state index contributed by atoms with van der Waals surface area (Å²) < 4.78 is 82.2. The molecule has 0 N–H and O–H groups in total. The van der Waals surface area contributed by atoms with E-state index in [0.717, 1.165) is 44.5 Å². The van der Waals surface area contributed by atoms with Crippen molar-refractivity contribution < 1.29 is 26.3 Å². The van der Waals surface area contributed by atoms with Crippen molar-refractivity contribution in [3.8, 4) is 66.8 Å². The van der Waals surface area contributed by atoms with Crippen LogP contribution in [0, 0.1) is 13.8 Å². The van der Waals surface area contributed by atoms with Gasteiger partial charge in [-0.2, -0.15) is 26.3 Å². The largest absolute Gasteiger partial charge is 0.416 e. The van der Waals surface area contributed by atoms with Gasteiger partial charge in [0.05, 0.1) is 11.1 Å². The zero-order valence-electron chi connectivity index (χ0n) is 28.3. The van der Waals surface area contributed by atoms with Crippen LogP contribution in [0.5, 0.6) is 0 Å². The first kappa shape index (κ1) is 34.6. The topological polar surface area (TPSA) is 0 Å². The highest BCUT2D eigenvalue weighted by Gasteiger charge is 2.33. The normalized spacial score (nSPS) is 11.8. The Kier molecular flexibility index (Phi) is 9.09. The van der Waals surface area contributed by atoms with Gasteiger partial charge in [0.2, 0.25) is 0 Å². The van der Waals surface area contributed by atoms with E-state index in [9.17, 15) is 26.3 Å². The molecule has 0 radical (unpaired) electrons. The van der Waals surface area contributed by atoms with E-state index in [-0.39, 0.29) is 11.1 Å². The maximum atomic E-state index is 13.7. The fourth-order valence-corrected chi connectivity index (χ4v) is 6.79. The van der Waals surface area contributed by atoms with Crippen LogP contribution in [0.25, 0.3) is 66.8 Å². The standard InChI is InChI=1S/C46H32F6/c1-29-13-15-37(27-41(29)45(47,48)49)31-17-21-33(22-18-31)39-25-26-40(44(36-11-7-4-8-12-36)43(39)35-9-5-3-6-10-35)34-23-19-32(20-24-34)38-16-14-30(2)42(28-38)46(50,51)52/h3-28H,1-2H3. The summed E-state index contributed by atoms with van der Waals surface area (Å²) in [5.74, 6) is 0. The molecular weight excluding hydrogens is 666 g/mol. The summed E-state index contributed by atoms with van der Waals surface area (Å²) in [6.45, 7) is 2.92. The summed E-state index contributed by atoms with van der Waals surface area (Å²) in [5.41, 5.74) is 8.94. The van der Waals surface area contributed by atoms with Gasteiger partial charge in [-0.3, -0.25) is 0 Å². The Balaban J connectivity index is 1.37. The monoisotopic (exact) mass is 698 g/mol. The second-order valence-corrected chi connectivity index (χ2v) is 12.9. The Morgan fingerprint density at radius 2 is 0.615 bits per heavy atom. The van der Waals surface area contributed by atoms with E-state index >= 15 is 0 Å². The molecule has 0 bridgehead atoms. The van der Waals surface area contributed by atoms with Crippen molar-refractivity contribution in [1.82, 2.24) is 0 Å². The fourth-order valence-electron chi connectivity index (χ4n) is 6.79. The highest BCUT2D eigenvalue weighted by Crippen LogP contribution is 2.46. The predicted octanol–water partition coefficient (Wildman–Crippen LogP) is 14.3. The quantitative estimate of drug-likeness (QED) is 0.152. The minimum absolute atomic E-state index is 0.175. The molecule has 7 rings (SSSR count). The zero-order chi connectivity index (χ0) is 36.6. The lowest BCUT2D eigenvalue weighted by Crippen LogP contribution is -2.07. The van der Waals surface area contributed by atoms with Crippen molar-refractivity contribution in [2.45, 2.75) is 26.2 Å². The third-order valence-corrected chi connectivity index (χ3v) is 9.47. The summed E-state index contributed by atoms with van der Waals surface area (Å²) in [4.78, 5) is 0. The van der Waals surface area contributed by atoms with Crippen molar-refractivity contribution in [1.29, 1.82) is 0 Å². The van der Waals surface area contributed by atoms with E-state index in [0.29, 0.717) is 22.3 Å². The maximum Gasteiger partial charge on any atom is 0.416 e. The number of rotatable bonds is 6. The van der Waals surface area contributed by atoms with E-state index in [1.165, 1.54) is 38.1 Å². The molecule has 0 atom stereocenters. The van der Waals surface area contributed by atoms with E-state index in [1.807, 2.05) is 109 Å². The molecule has 0 amide bonds. The summed E-state index contributed by atoms with van der Waals surface area (Å²) >= 11 is 0. The van der Waals surface area contributed by atoms with Crippen LogP contribution >= 0.6 is 0 Å². The molecule has 0 fully saturated rings. The Morgan fingerprint density at radius 1 is 0.308 bits per heavy atom. The number of hydrogen-bond acceptors (Lipinski definition) is 0. The van der Waals surface area contributed by atoms with Gasteiger partial charge in [-0.25, -0.2) is 0 Å². The first-order valence-corrected chi connectivity index (χ1v) is 16.7. The smallest absolute Gasteiger partial charge is 0.166 e. The SMILES string of the molecule is Cc1ccc(-c2ccc(-c3ccc(-c4ccc(-c5ccc(C)c(C(F)(F)F)c5)cc4)c(-c4ccccc4)c3-c3ccccc3)cc2)cc1C(F)(F)F. The molecule has 0 aromatic heterocycles. The van der Waals surface area contributed by atoms with Crippen molar-refractivity contribution in [3.05, 3.63) is 180 Å². The van der Waals surface area contributed by atoms with Gasteiger partial charge in [-0.1, -0.05) is 146 Å². The van der Waals surface area contributed by atoms with E-state index in [1.54, 1.807) is 12.1 Å². The molecule has 6 heteroatoms. The number of aryl methyl sites for hydroxylation is 2. The van der Waals surface area contributed by atoms with Crippen LogP contribution in [0.4, 0.5) is 26.3 Å². The number of alkyl halides is 6. The van der Waals surface area contributed by atoms with E-state index in [4.69, 9.17) is 0 Å². The Morgan fingerprint density at radius 3 is 0.942 bits per heavy atom. The van der Waals surface area contributed by atoms with Gasteiger partial charge in [0, 0.05) is 0 Å². The second kappa shape index (κ2) is 13.7. The molecule has 0 aliphatic heterocycles. The summed E-state index contributed by atoms with van der Waals surface area (Å²) in [5, 5.41) is 0. The van der Waals surface area contributed by atoms with Gasteiger partial charge in [0.1, 0.15) is 0 Å². The molecule has 0 spiro atoms. The Bertz CT molecular complexity index is 2180. The highest BCUT2D eigenvalue weighted by atomic mass is 19.4. The molecule has 0 saturated carbocycles. The van der Waals surface area contributed by atoms with E-state index in [2.05, 4.69) is 12.1 Å². The highest BCUT2D eigenvalue weighted by molar-refractivity contribution is 6.01. The van der Waals surface area contributed by atoms with Crippen LogP contribution in [-0.2, 0) is 12.4 Å². The lowest BCUT2D eigenvalue weighted by Gasteiger charge is -2.21. The second-order valence-electron chi connectivity index (χ2n) is 12.9. The lowest BCUT2D eigenvalue weighted by molar-refractivity contribution is -0.138. The van der Waals surface area contributed by atoms with Gasteiger partial charge >= 0.3 is 12.4 Å². The van der Waals surface area contributed by atoms with E-state index < -0.39 is 23.5 Å². The average molecular weight is 699 g/mol. The van der Waals surface area contributed by atoms with Gasteiger partial charge < -0.3 is 0 Å². The van der Waals surface area contributed by atoms with Crippen molar-refractivity contribution >= 4 is 0 Å². The summed E-state index contributed by atoms with van der Waals surface area (Å²) in [7, 11) is 0. The molecule has 0 aliphatic carbocycles. The first-order valence-electron chi connectivity index (χ1n) is 16.7. The molecule has 0 nitrogen and oxygen atoms in total. The van der Waals surface area contributed by atoms with Crippen molar-refractivity contribution in [2.24, 2.45) is 0 Å². The van der Waals surface area contributed by atoms with Crippen LogP contribution in [0.15, 0.2) is 158 Å². The first-order chi connectivity index (χ1) is 24.9. The molecule has 0 saturated heterocycles. The van der Waals surface area contributed by atoms with Gasteiger partial charge in [-0.15, -0.1) is 0 Å². The predicted molar refractivity (Wildman–Crippen MR) is 199 cm³/mol. The summed E-state index contributed by atoms with van der Waals surface area (Å²) in [6, 6.07) is 48.0. The molecule has 258 valence electrons. The molecule has 0 unspecified atom stereocenters. The Hall–Kier alpha value is -5.88. The Labute approximate surface area is 298 Å². The minimum atomic E-state index is -4.45. The fraction of sp³-hybridized carbons (Fsp3) is 0.0870. The number of hydrogen-bond donors (Lipinski definition) is 0. The third kappa shape index (κ3) is 6.89. The maximum absolute atomic E-state index is 13.7. The average Bonchev–Trinajstić information content (AvgIpc) is 3.14. The molecule has 0 heterocycles. The van der Waals surface area contributed by atoms with Crippen LogP contribution in [-0.4, -0.2) is 0 Å². The molecular formula is C46H32F6. The van der Waals surface area contributed by atoms with Crippen LogP contribution in [0.1, 0.15) is 22.3 Å². The molecule has 0 aliphatic rings. The summed E-state index contributed by atoms with van der Waals surface area (Å²) in [6.07, 6.45) is -8.89. The van der Waals surface area contributed by atoms with Crippen molar-refractivity contribution in [3.63, 3.8) is 0 Å². The zero-order valence-corrected chi connectivity index (χ0v) is 28.3. The van der Waals surface area contributed by atoms with Crippen LogP contribution < -0.4 is 0 Å². The van der Waals surface area contributed by atoms with Crippen LogP contribution in [0.2, 0.25) is 0 Å². The van der Waals surface area contributed by atoms with Gasteiger partial charge in [-0.05, 0) is 104 Å². The van der Waals surface area contributed by atoms with Crippen molar-refractivity contribution in [2.75, 3.05) is 0 Å². The third-order valence-electron chi connectivity index (χ3n) is 9.47. The minimum Gasteiger partial charge on any atom is -0.166 e. The molecule has 7 aromatic rings. The van der Waals surface area contributed by atoms with Gasteiger partial charge in [0.15, 0.2) is 0 Å². The number of halogens is 6. The molecule has 7 aromatic carbocycles. The lowest BCUT2D eigenvalue weighted by atomic mass is 9.82.